The van der Waals surface area contributed by atoms with E-state index in [9.17, 15) is 5.11 Å². The first kappa shape index (κ1) is 12.4. The van der Waals surface area contributed by atoms with Gasteiger partial charge in [-0.05, 0) is 42.3 Å². The van der Waals surface area contributed by atoms with Crippen molar-refractivity contribution in [3.63, 3.8) is 0 Å². The lowest BCUT2D eigenvalue weighted by Gasteiger charge is -2.13. The van der Waals surface area contributed by atoms with E-state index in [0.29, 0.717) is 6.54 Å². The van der Waals surface area contributed by atoms with E-state index >= 15 is 0 Å². The fraction of sp³-hybridized carbons (Fsp3) is 0.214. The standard InChI is InChI=1S/C14H16N2O2/c1-10-6-7-15-14(8-10)16-9-13(18)11-2-4-12(17)5-3-11/h2-8,13,17-18H,9H2,1H3,(H,15,16). The maximum atomic E-state index is 9.97. The Bertz CT molecular complexity index is 511. The molecule has 0 radical (unpaired) electrons. The van der Waals surface area contributed by atoms with Gasteiger partial charge >= 0.3 is 0 Å². The number of pyridine rings is 1. The third-order valence-electron chi connectivity index (χ3n) is 2.67. The number of aryl methyl sites for hydroxylation is 1. The number of nitrogens with one attached hydrogen (secondary N) is 1. The van der Waals surface area contributed by atoms with Crippen LogP contribution in [0.25, 0.3) is 0 Å². The number of hydrogen-bond donors (Lipinski definition) is 3. The van der Waals surface area contributed by atoms with E-state index in [1.54, 1.807) is 30.5 Å². The van der Waals surface area contributed by atoms with Crippen LogP contribution in [0, 0.1) is 6.92 Å². The number of aliphatic hydroxyl groups is 1. The van der Waals surface area contributed by atoms with E-state index in [-0.39, 0.29) is 5.75 Å². The first-order chi connectivity index (χ1) is 8.65. The number of anilines is 1. The first-order valence-electron chi connectivity index (χ1n) is 5.78. The van der Waals surface area contributed by atoms with Gasteiger partial charge < -0.3 is 15.5 Å². The summed E-state index contributed by atoms with van der Waals surface area (Å²) in [5.74, 6) is 0.937. The molecule has 0 aliphatic rings. The predicted octanol–water partition coefficient (Wildman–Crippen LogP) is 2.24. The van der Waals surface area contributed by atoms with E-state index in [1.165, 1.54) is 0 Å². The Morgan fingerprint density at radius 2 is 1.94 bits per heavy atom. The fourth-order valence-electron chi connectivity index (χ4n) is 1.65. The number of benzene rings is 1. The highest BCUT2D eigenvalue weighted by molar-refractivity contribution is 5.37. The van der Waals surface area contributed by atoms with Crippen molar-refractivity contribution in [2.45, 2.75) is 13.0 Å². The summed E-state index contributed by atoms with van der Waals surface area (Å²) in [5, 5.41) is 22.2. The average molecular weight is 244 g/mol. The molecule has 0 spiro atoms. The molecule has 3 N–H and O–H groups in total. The molecule has 1 heterocycles. The quantitative estimate of drug-likeness (QED) is 0.771. The molecule has 0 fully saturated rings. The van der Waals surface area contributed by atoms with Crippen LogP contribution in [0.3, 0.4) is 0 Å². The molecule has 0 saturated heterocycles. The van der Waals surface area contributed by atoms with E-state index in [0.717, 1.165) is 16.9 Å². The largest absolute Gasteiger partial charge is 0.508 e. The monoisotopic (exact) mass is 244 g/mol. The molecule has 0 saturated carbocycles. The Labute approximate surface area is 106 Å². The van der Waals surface area contributed by atoms with E-state index in [4.69, 9.17) is 5.11 Å². The first-order valence-corrected chi connectivity index (χ1v) is 5.78. The summed E-state index contributed by atoms with van der Waals surface area (Å²) in [7, 11) is 0. The number of phenols is 1. The third kappa shape index (κ3) is 3.21. The summed E-state index contributed by atoms with van der Waals surface area (Å²) in [6.45, 7) is 2.37. The summed E-state index contributed by atoms with van der Waals surface area (Å²) >= 11 is 0. The van der Waals surface area contributed by atoms with Gasteiger partial charge in [0, 0.05) is 12.7 Å². The lowest BCUT2D eigenvalue weighted by Crippen LogP contribution is -2.12. The van der Waals surface area contributed by atoms with E-state index in [2.05, 4.69) is 10.3 Å². The van der Waals surface area contributed by atoms with Crippen molar-refractivity contribution >= 4 is 5.82 Å². The van der Waals surface area contributed by atoms with Gasteiger partial charge in [0.15, 0.2) is 0 Å². The van der Waals surface area contributed by atoms with Crippen LogP contribution in [0.2, 0.25) is 0 Å². The molecule has 4 heteroatoms. The van der Waals surface area contributed by atoms with E-state index < -0.39 is 6.10 Å². The zero-order chi connectivity index (χ0) is 13.0. The van der Waals surface area contributed by atoms with Crippen molar-refractivity contribution in [1.82, 2.24) is 4.98 Å². The second kappa shape index (κ2) is 5.51. The lowest BCUT2D eigenvalue weighted by atomic mass is 10.1. The zero-order valence-electron chi connectivity index (χ0n) is 10.2. The van der Waals surface area contributed by atoms with Gasteiger partial charge in [-0.3, -0.25) is 0 Å². The molecule has 1 atom stereocenters. The summed E-state index contributed by atoms with van der Waals surface area (Å²) in [5.41, 5.74) is 1.87. The smallest absolute Gasteiger partial charge is 0.126 e. The van der Waals surface area contributed by atoms with Crippen LogP contribution in [-0.4, -0.2) is 21.7 Å². The number of aliphatic hydroxyl groups excluding tert-OH is 1. The van der Waals surface area contributed by atoms with Crippen LogP contribution in [0.5, 0.6) is 5.75 Å². The molecule has 1 aromatic heterocycles. The summed E-state index contributed by atoms with van der Waals surface area (Å²) in [4.78, 5) is 4.16. The normalized spacial score (nSPS) is 12.1. The van der Waals surface area contributed by atoms with Crippen LogP contribution < -0.4 is 5.32 Å². The van der Waals surface area contributed by atoms with Crippen LogP contribution in [0.15, 0.2) is 42.6 Å². The van der Waals surface area contributed by atoms with Gasteiger partial charge in [0.1, 0.15) is 11.6 Å². The topological polar surface area (TPSA) is 65.4 Å². The van der Waals surface area contributed by atoms with Crippen molar-refractivity contribution in [1.29, 1.82) is 0 Å². The predicted molar refractivity (Wildman–Crippen MR) is 70.5 cm³/mol. The molecule has 1 aromatic carbocycles. The van der Waals surface area contributed by atoms with Crippen molar-refractivity contribution in [2.24, 2.45) is 0 Å². The van der Waals surface area contributed by atoms with Crippen molar-refractivity contribution in [3.05, 3.63) is 53.7 Å². The number of hydrogen-bond acceptors (Lipinski definition) is 4. The number of rotatable bonds is 4. The highest BCUT2D eigenvalue weighted by Gasteiger charge is 2.07. The van der Waals surface area contributed by atoms with Crippen LogP contribution in [-0.2, 0) is 0 Å². The third-order valence-corrected chi connectivity index (χ3v) is 2.67. The van der Waals surface area contributed by atoms with Crippen LogP contribution in [0.1, 0.15) is 17.2 Å². The number of aromatic hydroxyl groups is 1. The lowest BCUT2D eigenvalue weighted by molar-refractivity contribution is 0.191. The maximum absolute atomic E-state index is 9.97. The van der Waals surface area contributed by atoms with Crippen molar-refractivity contribution in [2.75, 3.05) is 11.9 Å². The molecule has 0 aliphatic carbocycles. The molecule has 2 aromatic rings. The van der Waals surface area contributed by atoms with Gasteiger partial charge in [0.2, 0.25) is 0 Å². The molecule has 18 heavy (non-hydrogen) atoms. The summed E-state index contributed by atoms with van der Waals surface area (Å²) in [6, 6.07) is 10.4. The van der Waals surface area contributed by atoms with E-state index in [1.807, 2.05) is 19.1 Å². The molecule has 0 amide bonds. The molecule has 94 valence electrons. The van der Waals surface area contributed by atoms with Gasteiger partial charge in [-0.1, -0.05) is 12.1 Å². The Morgan fingerprint density at radius 3 is 2.61 bits per heavy atom. The minimum Gasteiger partial charge on any atom is -0.508 e. The van der Waals surface area contributed by atoms with Crippen molar-refractivity contribution < 1.29 is 10.2 Å². The number of nitrogens with zero attached hydrogens (tertiary/aromatic N) is 1. The Kier molecular flexibility index (Phi) is 3.79. The van der Waals surface area contributed by atoms with Gasteiger partial charge in [0.05, 0.1) is 6.10 Å². The molecule has 0 aliphatic heterocycles. The SMILES string of the molecule is Cc1ccnc(NCC(O)c2ccc(O)cc2)c1. The number of phenolic OH excluding ortho intramolecular Hbond substituents is 1. The van der Waals surface area contributed by atoms with Gasteiger partial charge in [0.25, 0.3) is 0 Å². The fourth-order valence-corrected chi connectivity index (χ4v) is 1.65. The second-order valence-electron chi connectivity index (χ2n) is 4.21. The minimum atomic E-state index is -0.632. The molecular weight excluding hydrogens is 228 g/mol. The Morgan fingerprint density at radius 1 is 1.22 bits per heavy atom. The number of aromatic nitrogens is 1. The summed E-state index contributed by atoms with van der Waals surface area (Å²) in [6.07, 6.45) is 1.10. The molecule has 2 rings (SSSR count). The van der Waals surface area contributed by atoms with Gasteiger partial charge in [-0.15, -0.1) is 0 Å². The minimum absolute atomic E-state index is 0.194. The Hall–Kier alpha value is -2.07. The maximum Gasteiger partial charge on any atom is 0.126 e. The van der Waals surface area contributed by atoms with Crippen molar-refractivity contribution in [3.8, 4) is 5.75 Å². The molecule has 1 unspecified atom stereocenters. The highest BCUT2D eigenvalue weighted by Crippen LogP contribution is 2.17. The Balaban J connectivity index is 1.96. The van der Waals surface area contributed by atoms with Gasteiger partial charge in [-0.2, -0.15) is 0 Å². The second-order valence-corrected chi connectivity index (χ2v) is 4.21. The molecular formula is C14H16N2O2. The molecule has 4 nitrogen and oxygen atoms in total. The zero-order valence-corrected chi connectivity index (χ0v) is 10.2. The average Bonchev–Trinajstić information content (AvgIpc) is 2.37. The molecule has 0 bridgehead atoms. The van der Waals surface area contributed by atoms with Crippen LogP contribution in [0.4, 0.5) is 5.82 Å². The van der Waals surface area contributed by atoms with Crippen LogP contribution >= 0.6 is 0 Å². The van der Waals surface area contributed by atoms with Gasteiger partial charge in [-0.25, -0.2) is 4.98 Å². The summed E-state index contributed by atoms with van der Waals surface area (Å²) < 4.78 is 0. The highest BCUT2D eigenvalue weighted by atomic mass is 16.3.